The van der Waals surface area contributed by atoms with E-state index in [2.05, 4.69) is 18.8 Å². The molecule has 0 radical (unpaired) electrons. The third-order valence-electron chi connectivity index (χ3n) is 4.78. The topological polar surface area (TPSA) is 46.3 Å². The Kier molecular flexibility index (Phi) is 3.72. The van der Waals surface area contributed by atoms with Crippen LogP contribution in [0, 0.1) is 17.7 Å². The first-order chi connectivity index (χ1) is 10.5. The van der Waals surface area contributed by atoms with Gasteiger partial charge in [0.1, 0.15) is 5.82 Å². The first-order valence-electron chi connectivity index (χ1n) is 7.50. The fraction of sp³-hybridized carbons (Fsp3) is 0.412. The van der Waals surface area contributed by atoms with Gasteiger partial charge >= 0.3 is 0 Å². The van der Waals surface area contributed by atoms with Crippen LogP contribution in [0.1, 0.15) is 31.3 Å². The van der Waals surface area contributed by atoms with Crippen LogP contribution < -0.4 is 0 Å². The highest BCUT2D eigenvalue weighted by molar-refractivity contribution is 5.98. The molecule has 0 saturated carbocycles. The molecule has 1 aromatic carbocycles. The predicted molar refractivity (Wildman–Crippen MR) is 80.7 cm³/mol. The van der Waals surface area contributed by atoms with E-state index in [1.54, 1.807) is 23.1 Å². The molecule has 116 valence electrons. The molecular formula is C17H19FN2O2. The van der Waals surface area contributed by atoms with Gasteiger partial charge in [-0.05, 0) is 30.9 Å². The molecule has 3 rings (SSSR count). The van der Waals surface area contributed by atoms with Crippen LogP contribution in [0.2, 0.25) is 0 Å². The zero-order valence-electron chi connectivity index (χ0n) is 12.9. The van der Waals surface area contributed by atoms with E-state index in [0.29, 0.717) is 18.4 Å². The van der Waals surface area contributed by atoms with E-state index in [-0.39, 0.29) is 29.0 Å². The molecule has 4 nitrogen and oxygen atoms in total. The molecule has 1 saturated heterocycles. The number of aromatic nitrogens is 1. The summed E-state index contributed by atoms with van der Waals surface area (Å²) in [6.07, 6.45) is 1.20. The van der Waals surface area contributed by atoms with Gasteiger partial charge < -0.3 is 9.32 Å². The molecule has 2 aromatic rings. The molecule has 0 spiro atoms. The van der Waals surface area contributed by atoms with Crippen molar-refractivity contribution >= 4 is 5.91 Å². The summed E-state index contributed by atoms with van der Waals surface area (Å²) < 4.78 is 19.3. The highest BCUT2D eigenvalue weighted by Gasteiger charge is 2.38. The number of rotatable bonds is 2. The number of hydrogen-bond donors (Lipinski definition) is 0. The molecule has 1 amide bonds. The van der Waals surface area contributed by atoms with Gasteiger partial charge in [-0.2, -0.15) is 0 Å². The average molecular weight is 302 g/mol. The minimum Gasteiger partial charge on any atom is -0.443 e. The number of oxazole rings is 1. The molecule has 1 fully saturated rings. The van der Waals surface area contributed by atoms with Crippen LogP contribution in [-0.4, -0.2) is 28.4 Å². The van der Waals surface area contributed by atoms with E-state index in [0.717, 1.165) is 0 Å². The Balaban J connectivity index is 1.96. The fourth-order valence-electron chi connectivity index (χ4n) is 3.04. The van der Waals surface area contributed by atoms with Crippen LogP contribution in [0.4, 0.5) is 4.39 Å². The SMILES string of the molecule is CC1CN(C(=O)c2ncoc2-c2ccccc2F)C(C)C1C. The Morgan fingerprint density at radius 1 is 1.32 bits per heavy atom. The first-order valence-corrected chi connectivity index (χ1v) is 7.50. The van der Waals surface area contributed by atoms with Gasteiger partial charge in [0.05, 0.1) is 5.56 Å². The Morgan fingerprint density at radius 2 is 2.05 bits per heavy atom. The van der Waals surface area contributed by atoms with Gasteiger partial charge in [-0.1, -0.05) is 26.0 Å². The Labute approximate surface area is 129 Å². The van der Waals surface area contributed by atoms with Crippen molar-refractivity contribution in [3.05, 3.63) is 42.2 Å². The summed E-state index contributed by atoms with van der Waals surface area (Å²) in [5.41, 5.74) is 0.439. The molecule has 0 bridgehead atoms. The maximum atomic E-state index is 14.0. The number of benzene rings is 1. The lowest BCUT2D eigenvalue weighted by molar-refractivity contribution is 0.0728. The molecule has 0 N–H and O–H groups in total. The summed E-state index contributed by atoms with van der Waals surface area (Å²) >= 11 is 0. The van der Waals surface area contributed by atoms with Crippen LogP contribution >= 0.6 is 0 Å². The Morgan fingerprint density at radius 3 is 2.68 bits per heavy atom. The van der Waals surface area contributed by atoms with Crippen molar-refractivity contribution in [1.82, 2.24) is 9.88 Å². The van der Waals surface area contributed by atoms with Gasteiger partial charge in [-0.3, -0.25) is 4.79 Å². The molecule has 2 heterocycles. The van der Waals surface area contributed by atoms with E-state index < -0.39 is 5.82 Å². The van der Waals surface area contributed by atoms with E-state index in [9.17, 15) is 9.18 Å². The fourth-order valence-corrected chi connectivity index (χ4v) is 3.04. The number of carbonyl (C=O) groups excluding carboxylic acids is 1. The molecule has 22 heavy (non-hydrogen) atoms. The molecule has 1 aliphatic rings. The lowest BCUT2D eigenvalue weighted by Gasteiger charge is -2.22. The minimum atomic E-state index is -0.426. The van der Waals surface area contributed by atoms with E-state index in [1.165, 1.54) is 12.5 Å². The van der Waals surface area contributed by atoms with Crippen LogP contribution in [0.25, 0.3) is 11.3 Å². The number of amides is 1. The molecular weight excluding hydrogens is 283 g/mol. The number of hydrogen-bond acceptors (Lipinski definition) is 3. The summed E-state index contributed by atoms with van der Waals surface area (Å²) in [7, 11) is 0. The predicted octanol–water partition coefficient (Wildman–Crippen LogP) is 3.60. The van der Waals surface area contributed by atoms with Gasteiger partial charge in [0, 0.05) is 12.6 Å². The summed E-state index contributed by atoms with van der Waals surface area (Å²) in [4.78, 5) is 18.6. The summed E-state index contributed by atoms with van der Waals surface area (Å²) in [6, 6.07) is 6.37. The Bertz CT molecular complexity index is 697. The van der Waals surface area contributed by atoms with Crippen molar-refractivity contribution < 1.29 is 13.6 Å². The number of likely N-dealkylation sites (tertiary alicyclic amines) is 1. The van der Waals surface area contributed by atoms with Gasteiger partial charge in [0.25, 0.3) is 5.91 Å². The van der Waals surface area contributed by atoms with Crippen LogP contribution in [-0.2, 0) is 0 Å². The van der Waals surface area contributed by atoms with Gasteiger partial charge in [0.2, 0.25) is 0 Å². The first kappa shape index (κ1) is 14.8. The molecule has 5 heteroatoms. The second-order valence-corrected chi connectivity index (χ2v) is 6.04. The van der Waals surface area contributed by atoms with Gasteiger partial charge in [-0.25, -0.2) is 9.37 Å². The third-order valence-corrected chi connectivity index (χ3v) is 4.78. The quantitative estimate of drug-likeness (QED) is 0.851. The van der Waals surface area contributed by atoms with Crippen molar-refractivity contribution in [2.75, 3.05) is 6.54 Å². The Hall–Kier alpha value is -2.17. The molecule has 1 aliphatic heterocycles. The smallest absolute Gasteiger partial charge is 0.276 e. The summed E-state index contributed by atoms with van der Waals surface area (Å²) in [5, 5.41) is 0. The van der Waals surface area contributed by atoms with Crippen molar-refractivity contribution in [2.24, 2.45) is 11.8 Å². The highest BCUT2D eigenvalue weighted by atomic mass is 19.1. The number of halogens is 1. The third kappa shape index (κ3) is 2.30. The highest BCUT2D eigenvalue weighted by Crippen LogP contribution is 2.32. The molecule has 0 aliphatic carbocycles. The van der Waals surface area contributed by atoms with Crippen molar-refractivity contribution in [3.63, 3.8) is 0 Å². The largest absolute Gasteiger partial charge is 0.443 e. The van der Waals surface area contributed by atoms with Crippen LogP contribution in [0.5, 0.6) is 0 Å². The lowest BCUT2D eigenvalue weighted by Crippen LogP contribution is -2.35. The second-order valence-electron chi connectivity index (χ2n) is 6.04. The van der Waals surface area contributed by atoms with Crippen molar-refractivity contribution in [1.29, 1.82) is 0 Å². The average Bonchev–Trinajstić information content (AvgIpc) is 3.08. The number of nitrogens with zero attached hydrogens (tertiary/aromatic N) is 2. The summed E-state index contributed by atoms with van der Waals surface area (Å²) in [5.74, 6) is 0.429. The maximum Gasteiger partial charge on any atom is 0.276 e. The van der Waals surface area contributed by atoms with Crippen molar-refractivity contribution in [2.45, 2.75) is 26.8 Å². The van der Waals surface area contributed by atoms with Crippen LogP contribution in [0.15, 0.2) is 35.1 Å². The van der Waals surface area contributed by atoms with Crippen molar-refractivity contribution in [3.8, 4) is 11.3 Å². The second kappa shape index (κ2) is 5.55. The standard InChI is InChI=1S/C17H19FN2O2/c1-10-8-20(12(3)11(10)2)17(21)15-16(22-9-19-15)13-6-4-5-7-14(13)18/h4-7,9-12H,8H2,1-3H3. The zero-order chi connectivity index (χ0) is 15.9. The molecule has 1 aromatic heterocycles. The number of carbonyl (C=O) groups is 1. The zero-order valence-corrected chi connectivity index (χ0v) is 12.9. The maximum absolute atomic E-state index is 14.0. The van der Waals surface area contributed by atoms with Gasteiger partial charge in [0.15, 0.2) is 17.8 Å². The summed E-state index contributed by atoms with van der Waals surface area (Å²) in [6.45, 7) is 7.00. The van der Waals surface area contributed by atoms with E-state index in [4.69, 9.17) is 4.42 Å². The van der Waals surface area contributed by atoms with Gasteiger partial charge in [-0.15, -0.1) is 0 Å². The monoisotopic (exact) mass is 302 g/mol. The van der Waals surface area contributed by atoms with E-state index in [1.807, 2.05) is 6.92 Å². The normalized spacial score (nSPS) is 24.7. The molecule has 3 atom stereocenters. The minimum absolute atomic E-state index is 0.132. The molecule has 3 unspecified atom stereocenters. The van der Waals surface area contributed by atoms with Crippen LogP contribution in [0.3, 0.4) is 0 Å². The lowest BCUT2D eigenvalue weighted by atomic mass is 9.95. The van der Waals surface area contributed by atoms with E-state index >= 15 is 0 Å².